The van der Waals surface area contributed by atoms with Crippen LogP contribution in [0.3, 0.4) is 0 Å². The number of benzene rings is 3. The first kappa shape index (κ1) is 18.1. The Bertz CT molecular complexity index is 1180. The van der Waals surface area contributed by atoms with E-state index >= 15 is 0 Å². The molecule has 0 amide bonds. The molecule has 150 valence electrons. The van der Waals surface area contributed by atoms with Crippen molar-refractivity contribution in [2.24, 2.45) is 4.99 Å². The largest absolute Gasteiger partial charge is 0.504 e. The van der Waals surface area contributed by atoms with E-state index in [1.165, 1.54) is 6.07 Å². The first-order valence-corrected chi connectivity index (χ1v) is 9.65. The molecule has 2 heterocycles. The molecule has 3 N–H and O–H groups in total. The van der Waals surface area contributed by atoms with Crippen LogP contribution in [-0.4, -0.2) is 29.8 Å². The Morgan fingerprint density at radius 3 is 2.63 bits per heavy atom. The van der Waals surface area contributed by atoms with E-state index in [1.807, 2.05) is 30.6 Å². The number of nitrogens with one attached hydrogen (secondary N) is 1. The van der Waals surface area contributed by atoms with E-state index in [0.29, 0.717) is 13.1 Å². The summed E-state index contributed by atoms with van der Waals surface area (Å²) in [6.45, 7) is 1.38. The van der Waals surface area contributed by atoms with Crippen LogP contribution in [0.5, 0.6) is 23.0 Å². The number of aliphatic imine (C=N–C) groups is 1. The molecule has 0 aliphatic carbocycles. The smallest absolute Gasteiger partial charge is 0.231 e. The molecule has 0 spiro atoms. The summed E-state index contributed by atoms with van der Waals surface area (Å²) in [5.41, 5.74) is 6.31. The van der Waals surface area contributed by atoms with Crippen molar-refractivity contribution in [1.29, 1.82) is 0 Å². The summed E-state index contributed by atoms with van der Waals surface area (Å²) < 4.78 is 10.9. The fraction of sp³-hybridized carbons (Fsp3) is 0.125. The van der Waals surface area contributed by atoms with Crippen molar-refractivity contribution < 1.29 is 19.7 Å². The topological polar surface area (TPSA) is 83.3 Å². The Kier molecular flexibility index (Phi) is 4.52. The molecule has 0 atom stereocenters. The summed E-state index contributed by atoms with van der Waals surface area (Å²) in [5, 5.41) is 22.4. The predicted molar refractivity (Wildman–Crippen MR) is 115 cm³/mol. The van der Waals surface area contributed by atoms with Crippen molar-refractivity contribution in [3.63, 3.8) is 0 Å². The van der Waals surface area contributed by atoms with Gasteiger partial charge in [0.2, 0.25) is 6.79 Å². The van der Waals surface area contributed by atoms with E-state index in [2.05, 4.69) is 28.5 Å². The van der Waals surface area contributed by atoms with Gasteiger partial charge in [0.1, 0.15) is 0 Å². The number of phenols is 2. The molecule has 3 aromatic rings. The molecular formula is C24H20N2O4. The summed E-state index contributed by atoms with van der Waals surface area (Å²) >= 11 is 0. The number of phenolic OH excluding ortho intramolecular Hbond substituents is 2. The summed E-state index contributed by atoms with van der Waals surface area (Å²) in [4.78, 5) is 4.46. The first-order chi connectivity index (χ1) is 14.7. The van der Waals surface area contributed by atoms with E-state index in [9.17, 15) is 10.2 Å². The third-order valence-electron chi connectivity index (χ3n) is 5.22. The normalized spacial score (nSPS) is 15.3. The average Bonchev–Trinajstić information content (AvgIpc) is 3.24. The SMILES string of the molecule is Oc1ccc(CNC=C2CN=Cc3ccc(-c4ccc5c(c4)OCO5)cc32)cc1O. The highest BCUT2D eigenvalue weighted by Gasteiger charge is 2.16. The van der Waals surface area contributed by atoms with E-state index < -0.39 is 0 Å². The molecule has 30 heavy (non-hydrogen) atoms. The molecule has 0 unspecified atom stereocenters. The molecule has 0 saturated carbocycles. The Balaban J connectivity index is 1.40. The lowest BCUT2D eigenvalue weighted by Gasteiger charge is -2.16. The van der Waals surface area contributed by atoms with Crippen LogP contribution < -0.4 is 14.8 Å². The lowest BCUT2D eigenvalue weighted by atomic mass is 9.93. The number of nitrogens with zero attached hydrogens (tertiary/aromatic N) is 1. The lowest BCUT2D eigenvalue weighted by Crippen LogP contribution is -2.09. The minimum atomic E-state index is -0.122. The second-order valence-corrected chi connectivity index (χ2v) is 7.21. The molecule has 0 bridgehead atoms. The van der Waals surface area contributed by atoms with Crippen LogP contribution in [0.2, 0.25) is 0 Å². The molecule has 0 radical (unpaired) electrons. The third-order valence-corrected chi connectivity index (χ3v) is 5.22. The maximum absolute atomic E-state index is 9.65. The van der Waals surface area contributed by atoms with Gasteiger partial charge in [-0.3, -0.25) is 4.99 Å². The second-order valence-electron chi connectivity index (χ2n) is 7.21. The van der Waals surface area contributed by atoms with Gasteiger partial charge in [-0.25, -0.2) is 0 Å². The zero-order valence-corrected chi connectivity index (χ0v) is 16.1. The predicted octanol–water partition coefficient (Wildman–Crippen LogP) is 4.06. The van der Waals surface area contributed by atoms with Gasteiger partial charge in [-0.1, -0.05) is 24.3 Å². The van der Waals surface area contributed by atoms with Crippen molar-refractivity contribution in [3.05, 3.63) is 77.5 Å². The fourth-order valence-corrected chi connectivity index (χ4v) is 3.62. The van der Waals surface area contributed by atoms with Gasteiger partial charge in [-0.05, 0) is 63.7 Å². The van der Waals surface area contributed by atoms with E-state index in [1.54, 1.807) is 12.1 Å². The van der Waals surface area contributed by atoms with Crippen LogP contribution in [-0.2, 0) is 6.54 Å². The summed E-state index contributed by atoms with van der Waals surface area (Å²) in [6.07, 6.45) is 3.86. The highest BCUT2D eigenvalue weighted by atomic mass is 16.7. The van der Waals surface area contributed by atoms with Crippen LogP contribution in [0.1, 0.15) is 16.7 Å². The quantitative estimate of drug-likeness (QED) is 0.576. The molecule has 2 aliphatic heterocycles. The summed E-state index contributed by atoms with van der Waals surface area (Å²) in [6, 6.07) is 17.1. The molecule has 6 heteroatoms. The number of aromatic hydroxyl groups is 2. The maximum Gasteiger partial charge on any atom is 0.231 e. The van der Waals surface area contributed by atoms with Gasteiger partial charge in [0.25, 0.3) is 0 Å². The van der Waals surface area contributed by atoms with E-state index in [0.717, 1.165) is 44.9 Å². The second kappa shape index (κ2) is 7.48. The van der Waals surface area contributed by atoms with Crippen LogP contribution in [0.25, 0.3) is 16.7 Å². The van der Waals surface area contributed by atoms with E-state index in [-0.39, 0.29) is 18.3 Å². The van der Waals surface area contributed by atoms with Crippen LogP contribution >= 0.6 is 0 Å². The van der Waals surface area contributed by atoms with Gasteiger partial charge in [-0.15, -0.1) is 0 Å². The molecule has 0 fully saturated rings. The lowest BCUT2D eigenvalue weighted by molar-refractivity contribution is 0.174. The number of hydrogen-bond donors (Lipinski definition) is 3. The van der Waals surface area contributed by atoms with E-state index in [4.69, 9.17) is 9.47 Å². The van der Waals surface area contributed by atoms with Crippen molar-refractivity contribution >= 4 is 11.8 Å². The Morgan fingerprint density at radius 2 is 1.73 bits per heavy atom. The molecule has 5 rings (SSSR count). The third kappa shape index (κ3) is 3.43. The van der Waals surface area contributed by atoms with Crippen LogP contribution in [0.4, 0.5) is 0 Å². The highest BCUT2D eigenvalue weighted by molar-refractivity contribution is 5.93. The Labute approximate surface area is 173 Å². The zero-order valence-electron chi connectivity index (χ0n) is 16.1. The van der Waals surface area contributed by atoms with Gasteiger partial charge >= 0.3 is 0 Å². The van der Waals surface area contributed by atoms with Crippen LogP contribution in [0, 0.1) is 0 Å². The van der Waals surface area contributed by atoms with Crippen LogP contribution in [0.15, 0.2) is 65.8 Å². The molecular weight excluding hydrogens is 380 g/mol. The molecule has 3 aromatic carbocycles. The molecule has 0 aromatic heterocycles. The monoisotopic (exact) mass is 400 g/mol. The van der Waals surface area contributed by atoms with Gasteiger partial charge in [0, 0.05) is 19.0 Å². The van der Waals surface area contributed by atoms with Gasteiger partial charge in [0.05, 0.1) is 6.54 Å². The Hall–Kier alpha value is -3.93. The van der Waals surface area contributed by atoms with Gasteiger partial charge in [-0.2, -0.15) is 0 Å². The number of ether oxygens (including phenoxy) is 2. The number of rotatable bonds is 4. The van der Waals surface area contributed by atoms with Gasteiger partial charge < -0.3 is 25.0 Å². The van der Waals surface area contributed by atoms with Crippen molar-refractivity contribution in [2.75, 3.05) is 13.3 Å². The fourth-order valence-electron chi connectivity index (χ4n) is 3.62. The summed E-state index contributed by atoms with van der Waals surface area (Å²) in [5.74, 6) is 1.29. The molecule has 2 aliphatic rings. The zero-order chi connectivity index (χ0) is 20.5. The minimum Gasteiger partial charge on any atom is -0.504 e. The summed E-state index contributed by atoms with van der Waals surface area (Å²) in [7, 11) is 0. The van der Waals surface area contributed by atoms with Gasteiger partial charge in [0.15, 0.2) is 23.0 Å². The Morgan fingerprint density at radius 1 is 0.900 bits per heavy atom. The number of hydrogen-bond acceptors (Lipinski definition) is 6. The molecule has 6 nitrogen and oxygen atoms in total. The first-order valence-electron chi connectivity index (χ1n) is 9.65. The minimum absolute atomic E-state index is 0.122. The van der Waals surface area contributed by atoms with Crippen molar-refractivity contribution in [1.82, 2.24) is 5.32 Å². The highest BCUT2D eigenvalue weighted by Crippen LogP contribution is 2.37. The standard InChI is InChI=1S/C24H20N2O4/c27-21-5-1-15(7-22(21)28)10-25-12-19-13-26-11-18-3-2-16(8-20(18)19)17-4-6-23-24(9-17)30-14-29-23/h1-9,11-12,25,27-28H,10,13-14H2. The van der Waals surface area contributed by atoms with Crippen molar-refractivity contribution in [3.8, 4) is 34.1 Å². The van der Waals surface area contributed by atoms with Crippen molar-refractivity contribution in [2.45, 2.75) is 6.54 Å². The maximum atomic E-state index is 9.65. The average molecular weight is 400 g/mol. The molecule has 0 saturated heterocycles. The number of fused-ring (bicyclic) bond motifs is 2.